The summed E-state index contributed by atoms with van der Waals surface area (Å²) in [6.45, 7) is 5.78. The molecule has 0 aromatic heterocycles. The van der Waals surface area contributed by atoms with Gasteiger partial charge in [-0.2, -0.15) is 0 Å². The summed E-state index contributed by atoms with van der Waals surface area (Å²) in [5, 5.41) is 14.5. The van der Waals surface area contributed by atoms with Crippen molar-refractivity contribution < 1.29 is 24.2 Å². The Hall–Kier alpha value is -1.79. The van der Waals surface area contributed by atoms with Crippen molar-refractivity contribution in [1.82, 2.24) is 10.6 Å². The summed E-state index contributed by atoms with van der Waals surface area (Å²) in [7, 11) is 0. The van der Waals surface area contributed by atoms with E-state index in [-0.39, 0.29) is 25.4 Å². The lowest BCUT2D eigenvalue weighted by atomic mass is 9.82. The Morgan fingerprint density at radius 1 is 1.09 bits per heavy atom. The number of hydrogen-bond donors (Lipinski definition) is 3. The summed E-state index contributed by atoms with van der Waals surface area (Å²) >= 11 is 0. The number of carbonyl (C=O) groups is 3. The highest BCUT2D eigenvalue weighted by Crippen LogP contribution is 2.41. The molecule has 1 rings (SSSR count). The number of ether oxygens (including phenoxy) is 1. The molecule has 0 atom stereocenters. The van der Waals surface area contributed by atoms with E-state index in [2.05, 4.69) is 10.6 Å². The molecule has 0 bridgehead atoms. The van der Waals surface area contributed by atoms with E-state index in [9.17, 15) is 19.5 Å². The van der Waals surface area contributed by atoms with Gasteiger partial charge in [0.25, 0.3) is 0 Å². The number of alkyl carbamates (subject to hydrolysis) is 1. The molecule has 0 radical (unpaired) electrons. The van der Waals surface area contributed by atoms with Crippen molar-refractivity contribution in [3.8, 4) is 0 Å². The summed E-state index contributed by atoms with van der Waals surface area (Å²) in [6, 6.07) is 0. The van der Waals surface area contributed by atoms with Crippen LogP contribution < -0.4 is 10.6 Å². The summed E-state index contributed by atoms with van der Waals surface area (Å²) in [5.74, 6) is -1.19. The van der Waals surface area contributed by atoms with Crippen LogP contribution in [0.25, 0.3) is 0 Å². The van der Waals surface area contributed by atoms with E-state index in [0.29, 0.717) is 12.8 Å². The molecule has 0 saturated heterocycles. The van der Waals surface area contributed by atoms with E-state index < -0.39 is 23.1 Å². The molecule has 1 aliphatic carbocycles. The SMILES string of the molecule is CC(C)(C)OC(=O)NCCNC(=O)CC1(C(=O)O)CCCC1. The third-order valence-corrected chi connectivity index (χ3v) is 3.63. The fourth-order valence-electron chi connectivity index (χ4n) is 2.57. The number of rotatable bonds is 6. The number of aliphatic carboxylic acids is 1. The second-order valence-corrected chi connectivity index (χ2v) is 6.75. The van der Waals surface area contributed by atoms with Gasteiger partial charge in [0.1, 0.15) is 5.60 Å². The van der Waals surface area contributed by atoms with Crippen molar-refractivity contribution in [3.05, 3.63) is 0 Å². The van der Waals surface area contributed by atoms with Gasteiger partial charge in [-0.1, -0.05) is 12.8 Å². The topological polar surface area (TPSA) is 105 Å². The summed E-state index contributed by atoms with van der Waals surface area (Å²) in [4.78, 5) is 34.6. The van der Waals surface area contributed by atoms with Crippen molar-refractivity contribution >= 4 is 18.0 Å². The predicted octanol–water partition coefficient (Wildman–Crippen LogP) is 1.66. The van der Waals surface area contributed by atoms with E-state index in [1.165, 1.54) is 0 Å². The molecule has 0 unspecified atom stereocenters. The molecule has 22 heavy (non-hydrogen) atoms. The first-order valence-electron chi connectivity index (χ1n) is 7.62. The van der Waals surface area contributed by atoms with Gasteiger partial charge in [0.05, 0.1) is 5.41 Å². The first-order chi connectivity index (χ1) is 10.1. The Kier molecular flexibility index (Phi) is 6.20. The van der Waals surface area contributed by atoms with Gasteiger partial charge < -0.3 is 20.5 Å². The molecular weight excluding hydrogens is 288 g/mol. The zero-order valence-corrected chi connectivity index (χ0v) is 13.5. The molecule has 0 heterocycles. The van der Waals surface area contributed by atoms with E-state index in [1.807, 2.05) is 0 Å². The summed E-state index contributed by atoms with van der Waals surface area (Å²) < 4.78 is 5.06. The number of amides is 2. The standard InChI is InChI=1S/C15H26N2O5/c1-14(2,3)22-13(21)17-9-8-16-11(18)10-15(12(19)20)6-4-5-7-15/h4-10H2,1-3H3,(H,16,18)(H,17,21)(H,19,20). The normalized spacial score (nSPS) is 16.9. The van der Waals surface area contributed by atoms with Gasteiger partial charge in [-0.05, 0) is 33.6 Å². The maximum Gasteiger partial charge on any atom is 0.407 e. The van der Waals surface area contributed by atoms with Crippen LogP contribution in [0.2, 0.25) is 0 Å². The Balaban J connectivity index is 2.26. The average Bonchev–Trinajstić information content (AvgIpc) is 2.82. The predicted molar refractivity (Wildman–Crippen MR) is 80.4 cm³/mol. The second kappa shape index (κ2) is 7.47. The van der Waals surface area contributed by atoms with Crippen LogP contribution >= 0.6 is 0 Å². The molecule has 0 aliphatic heterocycles. The molecule has 0 aromatic carbocycles. The molecule has 0 aromatic rings. The lowest BCUT2D eigenvalue weighted by molar-refractivity contribution is -0.151. The van der Waals surface area contributed by atoms with Crippen molar-refractivity contribution in [3.63, 3.8) is 0 Å². The monoisotopic (exact) mass is 314 g/mol. The number of carboxylic acid groups (broad SMARTS) is 1. The van der Waals surface area contributed by atoms with Crippen LogP contribution in [0, 0.1) is 5.41 Å². The zero-order valence-electron chi connectivity index (χ0n) is 13.5. The van der Waals surface area contributed by atoms with Gasteiger partial charge in [-0.3, -0.25) is 9.59 Å². The van der Waals surface area contributed by atoms with Crippen molar-refractivity contribution in [2.24, 2.45) is 5.41 Å². The van der Waals surface area contributed by atoms with Gasteiger partial charge in [-0.15, -0.1) is 0 Å². The van der Waals surface area contributed by atoms with Gasteiger partial charge in [0, 0.05) is 19.5 Å². The Morgan fingerprint density at radius 2 is 1.64 bits per heavy atom. The van der Waals surface area contributed by atoms with Crippen LogP contribution in [0.1, 0.15) is 52.9 Å². The average molecular weight is 314 g/mol. The van der Waals surface area contributed by atoms with E-state index >= 15 is 0 Å². The molecular formula is C15H26N2O5. The lowest BCUT2D eigenvalue weighted by Gasteiger charge is -2.23. The Morgan fingerprint density at radius 3 is 2.14 bits per heavy atom. The zero-order chi connectivity index (χ0) is 16.8. The van der Waals surface area contributed by atoms with Gasteiger partial charge in [0.15, 0.2) is 0 Å². The first kappa shape index (κ1) is 18.3. The summed E-state index contributed by atoms with van der Waals surface area (Å²) in [6.07, 6.45) is 2.24. The maximum atomic E-state index is 11.9. The van der Waals surface area contributed by atoms with Crippen molar-refractivity contribution in [2.45, 2.75) is 58.5 Å². The molecule has 3 N–H and O–H groups in total. The molecule has 7 nitrogen and oxygen atoms in total. The van der Waals surface area contributed by atoms with Gasteiger partial charge in [0.2, 0.25) is 5.91 Å². The van der Waals surface area contributed by atoms with E-state index in [0.717, 1.165) is 12.8 Å². The number of carboxylic acids is 1. The minimum atomic E-state index is -0.914. The van der Waals surface area contributed by atoms with Crippen LogP contribution in [-0.2, 0) is 14.3 Å². The molecule has 1 saturated carbocycles. The van der Waals surface area contributed by atoms with Crippen LogP contribution in [0.3, 0.4) is 0 Å². The third kappa shape index (κ3) is 5.91. The van der Waals surface area contributed by atoms with E-state index in [4.69, 9.17) is 4.74 Å². The molecule has 1 aliphatic rings. The maximum absolute atomic E-state index is 11.9. The van der Waals surface area contributed by atoms with Crippen molar-refractivity contribution in [2.75, 3.05) is 13.1 Å². The number of hydrogen-bond acceptors (Lipinski definition) is 4. The Bertz CT molecular complexity index is 422. The molecule has 126 valence electrons. The fourth-order valence-corrected chi connectivity index (χ4v) is 2.57. The van der Waals surface area contributed by atoms with Crippen LogP contribution in [0.15, 0.2) is 0 Å². The molecule has 0 spiro atoms. The lowest BCUT2D eigenvalue weighted by Crippen LogP contribution is -2.40. The minimum absolute atomic E-state index is 0.00519. The smallest absolute Gasteiger partial charge is 0.407 e. The highest BCUT2D eigenvalue weighted by atomic mass is 16.6. The fraction of sp³-hybridized carbons (Fsp3) is 0.800. The molecule has 1 fully saturated rings. The second-order valence-electron chi connectivity index (χ2n) is 6.75. The quantitative estimate of drug-likeness (QED) is 0.647. The number of nitrogens with one attached hydrogen (secondary N) is 2. The molecule has 2 amide bonds. The highest BCUT2D eigenvalue weighted by molar-refractivity contribution is 5.85. The van der Waals surface area contributed by atoms with Crippen molar-refractivity contribution in [1.29, 1.82) is 0 Å². The van der Waals surface area contributed by atoms with Crippen LogP contribution in [0.5, 0.6) is 0 Å². The number of carbonyl (C=O) groups excluding carboxylic acids is 2. The van der Waals surface area contributed by atoms with Crippen LogP contribution in [-0.4, -0.2) is 41.8 Å². The van der Waals surface area contributed by atoms with Crippen LogP contribution in [0.4, 0.5) is 4.79 Å². The first-order valence-corrected chi connectivity index (χ1v) is 7.62. The third-order valence-electron chi connectivity index (χ3n) is 3.63. The minimum Gasteiger partial charge on any atom is -0.481 e. The summed E-state index contributed by atoms with van der Waals surface area (Å²) in [5.41, 5.74) is -1.48. The van der Waals surface area contributed by atoms with Gasteiger partial charge >= 0.3 is 12.1 Å². The van der Waals surface area contributed by atoms with Gasteiger partial charge in [-0.25, -0.2) is 4.79 Å². The van der Waals surface area contributed by atoms with E-state index in [1.54, 1.807) is 20.8 Å². The molecule has 7 heteroatoms. The highest BCUT2D eigenvalue weighted by Gasteiger charge is 2.42. The largest absolute Gasteiger partial charge is 0.481 e. The Labute approximate surface area is 130 Å².